The largest absolute Gasteiger partial charge is 0.324 e. The highest BCUT2D eigenvalue weighted by molar-refractivity contribution is 5.85. The minimum Gasteiger partial charge on any atom is -0.324 e. The van der Waals surface area contributed by atoms with Gasteiger partial charge in [-0.3, -0.25) is 10.1 Å². The highest BCUT2D eigenvalue weighted by Crippen LogP contribution is 2.23. The summed E-state index contributed by atoms with van der Waals surface area (Å²) in [5.74, 6) is -0.532. The molecule has 1 aromatic rings. The number of nitrogens with zero attached hydrogens (tertiary/aromatic N) is 1. The molecule has 0 unspecified atom stereocenters. The Hall–Kier alpha value is -1.46. The third kappa shape index (κ3) is 3.29. The molecule has 1 rings (SSSR count). The maximum atomic E-state index is 13.3. The molecule has 0 spiro atoms. The van der Waals surface area contributed by atoms with E-state index < -0.39 is 16.8 Å². The van der Waals surface area contributed by atoms with Gasteiger partial charge in [-0.15, -0.1) is 19.0 Å². The summed E-state index contributed by atoms with van der Waals surface area (Å²) in [4.78, 5) is 9.89. The Morgan fingerprint density at radius 2 is 2.25 bits per heavy atom. The Kier molecular flexibility index (Phi) is 5.63. The number of rotatable bonds is 4. The van der Waals surface area contributed by atoms with Crippen LogP contribution in [0.5, 0.6) is 0 Å². The van der Waals surface area contributed by atoms with E-state index in [1.54, 1.807) is 6.08 Å². The predicted molar refractivity (Wildman–Crippen MR) is 62.0 cm³/mol. The molecule has 0 heterocycles. The smallest absolute Gasteiger partial charge is 0.269 e. The molecule has 88 valence electrons. The van der Waals surface area contributed by atoms with Crippen LogP contribution in [0, 0.1) is 15.9 Å². The zero-order chi connectivity index (χ0) is 11.4. The van der Waals surface area contributed by atoms with Crippen molar-refractivity contribution in [2.24, 2.45) is 5.73 Å². The van der Waals surface area contributed by atoms with Crippen molar-refractivity contribution < 1.29 is 9.31 Å². The average Bonchev–Trinajstić information content (AvgIpc) is 2.18. The molecule has 0 saturated heterocycles. The van der Waals surface area contributed by atoms with Gasteiger partial charge in [0.05, 0.1) is 4.92 Å². The molecule has 1 atom stereocenters. The number of hydrogen-bond donors (Lipinski definition) is 1. The number of nitrogens with two attached hydrogens (primary N) is 1. The number of non-ortho nitro benzene ring substituents is 1. The summed E-state index contributed by atoms with van der Waals surface area (Å²) >= 11 is 0. The van der Waals surface area contributed by atoms with Crippen LogP contribution in [0.2, 0.25) is 0 Å². The average molecular weight is 247 g/mol. The van der Waals surface area contributed by atoms with Crippen LogP contribution in [0.4, 0.5) is 10.1 Å². The van der Waals surface area contributed by atoms with E-state index in [-0.39, 0.29) is 23.7 Å². The van der Waals surface area contributed by atoms with Crippen molar-refractivity contribution in [1.82, 2.24) is 0 Å². The SMILES string of the molecule is C=CC[C@@H](N)c1cc([N+](=O)[O-])ccc1F.Cl. The third-order valence-electron chi connectivity index (χ3n) is 2.01. The first-order valence-electron chi connectivity index (χ1n) is 4.36. The van der Waals surface area contributed by atoms with Gasteiger partial charge in [0.15, 0.2) is 0 Å². The molecule has 2 N–H and O–H groups in total. The Balaban J connectivity index is 0.00000225. The molecule has 6 heteroatoms. The number of halogens is 2. The molecule has 16 heavy (non-hydrogen) atoms. The zero-order valence-electron chi connectivity index (χ0n) is 8.43. The normalized spacial score (nSPS) is 11.4. The van der Waals surface area contributed by atoms with Gasteiger partial charge in [-0.25, -0.2) is 4.39 Å². The molecule has 4 nitrogen and oxygen atoms in total. The molecule has 0 radical (unpaired) electrons. The van der Waals surface area contributed by atoms with Crippen molar-refractivity contribution in [3.63, 3.8) is 0 Å². The lowest BCUT2D eigenvalue weighted by molar-refractivity contribution is -0.385. The van der Waals surface area contributed by atoms with E-state index in [9.17, 15) is 14.5 Å². The zero-order valence-corrected chi connectivity index (χ0v) is 9.24. The van der Waals surface area contributed by atoms with E-state index in [0.717, 1.165) is 18.2 Å². The quantitative estimate of drug-likeness (QED) is 0.505. The van der Waals surface area contributed by atoms with Crippen molar-refractivity contribution in [2.45, 2.75) is 12.5 Å². The summed E-state index contributed by atoms with van der Waals surface area (Å²) in [5.41, 5.74) is 5.62. The number of nitro groups is 1. The maximum Gasteiger partial charge on any atom is 0.269 e. The standard InChI is InChI=1S/C10H11FN2O2.ClH/c1-2-3-10(12)8-6-7(13(14)15)4-5-9(8)11;/h2,4-6,10H,1,3,12H2;1H/t10-;/m1./s1. The topological polar surface area (TPSA) is 69.2 Å². The first-order valence-corrected chi connectivity index (χ1v) is 4.36. The van der Waals surface area contributed by atoms with Crippen LogP contribution < -0.4 is 5.73 Å². The molecule has 0 aliphatic carbocycles. The van der Waals surface area contributed by atoms with E-state index in [1.165, 1.54) is 0 Å². The molecule has 1 aromatic carbocycles. The van der Waals surface area contributed by atoms with Gasteiger partial charge in [0, 0.05) is 23.7 Å². The third-order valence-corrected chi connectivity index (χ3v) is 2.01. The lowest BCUT2D eigenvalue weighted by atomic mass is 10.0. The highest BCUT2D eigenvalue weighted by atomic mass is 35.5. The van der Waals surface area contributed by atoms with Crippen molar-refractivity contribution in [2.75, 3.05) is 0 Å². The van der Waals surface area contributed by atoms with Gasteiger partial charge in [0.2, 0.25) is 0 Å². The second-order valence-corrected chi connectivity index (χ2v) is 3.09. The minimum atomic E-state index is -0.595. The summed E-state index contributed by atoms with van der Waals surface area (Å²) in [7, 11) is 0. The Bertz CT molecular complexity index is 398. The minimum absolute atomic E-state index is 0. The van der Waals surface area contributed by atoms with Crippen molar-refractivity contribution >= 4 is 18.1 Å². The van der Waals surface area contributed by atoms with Crippen LogP contribution in [-0.2, 0) is 0 Å². The second kappa shape index (κ2) is 6.19. The van der Waals surface area contributed by atoms with Crippen LogP contribution in [0.15, 0.2) is 30.9 Å². The van der Waals surface area contributed by atoms with E-state index in [1.807, 2.05) is 0 Å². The maximum absolute atomic E-state index is 13.3. The summed E-state index contributed by atoms with van der Waals surface area (Å²) in [5, 5.41) is 10.5. The summed E-state index contributed by atoms with van der Waals surface area (Å²) < 4.78 is 13.3. The van der Waals surface area contributed by atoms with Crippen LogP contribution in [0.3, 0.4) is 0 Å². The summed E-state index contributed by atoms with van der Waals surface area (Å²) in [6.45, 7) is 3.48. The fraction of sp³-hybridized carbons (Fsp3) is 0.200. The molecule has 0 aliphatic rings. The monoisotopic (exact) mass is 246 g/mol. The van der Waals surface area contributed by atoms with Crippen LogP contribution >= 0.6 is 12.4 Å². The Labute approximate surface area is 98.5 Å². The number of hydrogen-bond acceptors (Lipinski definition) is 3. The first kappa shape index (κ1) is 14.5. The van der Waals surface area contributed by atoms with E-state index >= 15 is 0 Å². The van der Waals surface area contributed by atoms with Crippen LogP contribution in [0.25, 0.3) is 0 Å². The van der Waals surface area contributed by atoms with Crippen LogP contribution in [-0.4, -0.2) is 4.92 Å². The Morgan fingerprint density at radius 3 is 2.75 bits per heavy atom. The van der Waals surface area contributed by atoms with Gasteiger partial charge in [0.1, 0.15) is 5.82 Å². The first-order chi connectivity index (χ1) is 7.06. The second-order valence-electron chi connectivity index (χ2n) is 3.09. The van der Waals surface area contributed by atoms with Gasteiger partial charge in [-0.2, -0.15) is 0 Å². The van der Waals surface area contributed by atoms with Crippen molar-refractivity contribution in [3.8, 4) is 0 Å². The van der Waals surface area contributed by atoms with E-state index in [2.05, 4.69) is 6.58 Å². The lowest BCUT2D eigenvalue weighted by Gasteiger charge is -2.09. The molecule has 0 amide bonds. The fourth-order valence-electron chi connectivity index (χ4n) is 1.24. The van der Waals surface area contributed by atoms with Crippen LogP contribution in [0.1, 0.15) is 18.0 Å². The van der Waals surface area contributed by atoms with Gasteiger partial charge >= 0.3 is 0 Å². The van der Waals surface area contributed by atoms with E-state index in [0.29, 0.717) is 6.42 Å². The van der Waals surface area contributed by atoms with Gasteiger partial charge < -0.3 is 5.73 Å². The molecular formula is C10H12ClFN2O2. The molecule has 0 bridgehead atoms. The molecule has 0 saturated carbocycles. The molecule has 0 fully saturated rings. The fourth-order valence-corrected chi connectivity index (χ4v) is 1.24. The molecular weight excluding hydrogens is 235 g/mol. The lowest BCUT2D eigenvalue weighted by Crippen LogP contribution is -2.11. The van der Waals surface area contributed by atoms with Crippen molar-refractivity contribution in [3.05, 3.63) is 52.3 Å². The molecule has 0 aromatic heterocycles. The Morgan fingerprint density at radius 1 is 1.62 bits per heavy atom. The predicted octanol–water partition coefficient (Wildman–Crippen LogP) is 2.73. The summed E-state index contributed by atoms with van der Waals surface area (Å²) in [6.07, 6.45) is 1.92. The summed E-state index contributed by atoms with van der Waals surface area (Å²) in [6, 6.07) is 2.72. The van der Waals surface area contributed by atoms with E-state index in [4.69, 9.17) is 5.73 Å². The highest BCUT2D eigenvalue weighted by Gasteiger charge is 2.15. The van der Waals surface area contributed by atoms with Gasteiger partial charge in [0.25, 0.3) is 5.69 Å². The van der Waals surface area contributed by atoms with Gasteiger partial charge in [-0.1, -0.05) is 6.08 Å². The van der Waals surface area contributed by atoms with Crippen molar-refractivity contribution in [1.29, 1.82) is 0 Å². The number of nitro benzene ring substituents is 1. The van der Waals surface area contributed by atoms with Gasteiger partial charge in [-0.05, 0) is 12.5 Å². The number of benzene rings is 1. The molecule has 0 aliphatic heterocycles.